The van der Waals surface area contributed by atoms with E-state index in [0.717, 1.165) is 4.90 Å². The monoisotopic (exact) mass is 367 g/mol. The fraction of sp³-hybridized carbons (Fsp3) is 0.643. The number of ether oxygens (including phenoxy) is 1. The molecule has 0 bridgehead atoms. The van der Waals surface area contributed by atoms with Crippen LogP contribution in [0.1, 0.15) is 39.3 Å². The molecule has 1 aliphatic rings. The van der Waals surface area contributed by atoms with E-state index >= 15 is 0 Å². The number of aromatic nitrogens is 2. The van der Waals surface area contributed by atoms with Crippen LogP contribution in [0.25, 0.3) is 0 Å². The summed E-state index contributed by atoms with van der Waals surface area (Å²) in [6, 6.07) is 0.646. The number of anilines is 1. The Kier molecular flexibility index (Phi) is 4.71. The summed E-state index contributed by atoms with van der Waals surface area (Å²) >= 11 is 5.60. The second-order valence-electron chi connectivity index (χ2n) is 6.34. The summed E-state index contributed by atoms with van der Waals surface area (Å²) in [4.78, 5) is 20.1. The lowest BCUT2D eigenvalue weighted by Crippen LogP contribution is -2.51. The largest absolute Gasteiger partial charge is 0.447 e. The van der Waals surface area contributed by atoms with E-state index < -0.39 is 34.4 Å². The number of amides is 1. The highest BCUT2D eigenvalue weighted by atomic mass is 35.5. The molecule has 2 heterocycles. The molecule has 2 rings (SSSR count). The van der Waals surface area contributed by atoms with Crippen LogP contribution in [0.3, 0.4) is 0 Å². The number of hydrogen-bond donors (Lipinski definition) is 1. The number of carbonyl (C=O) groups is 1. The molecular formula is C14H17ClF3N3O3. The van der Waals surface area contributed by atoms with Crippen LogP contribution in [0.5, 0.6) is 0 Å². The molecule has 0 unspecified atom stereocenters. The molecule has 1 aromatic rings. The van der Waals surface area contributed by atoms with E-state index in [1.807, 2.05) is 0 Å². The molecular weight excluding hydrogens is 351 g/mol. The van der Waals surface area contributed by atoms with E-state index in [0.29, 0.717) is 12.5 Å². The molecule has 6 nitrogen and oxygen atoms in total. The van der Waals surface area contributed by atoms with Gasteiger partial charge in [-0.2, -0.15) is 13.2 Å². The first kappa shape index (κ1) is 18.7. The van der Waals surface area contributed by atoms with Crippen LogP contribution in [0.15, 0.2) is 6.07 Å². The highest BCUT2D eigenvalue weighted by molar-refractivity contribution is 6.28. The summed E-state index contributed by atoms with van der Waals surface area (Å²) in [5.74, 6) is -0.309. The van der Waals surface area contributed by atoms with E-state index in [1.54, 1.807) is 20.8 Å². The van der Waals surface area contributed by atoms with E-state index in [4.69, 9.17) is 16.3 Å². The predicted molar refractivity (Wildman–Crippen MR) is 79.8 cm³/mol. The lowest BCUT2D eigenvalue weighted by atomic mass is 9.84. The van der Waals surface area contributed by atoms with Gasteiger partial charge in [0.25, 0.3) is 0 Å². The third-order valence-corrected chi connectivity index (χ3v) is 3.91. The number of halogens is 4. The summed E-state index contributed by atoms with van der Waals surface area (Å²) in [5, 5.41) is 9.50. The lowest BCUT2D eigenvalue weighted by Gasteiger charge is -2.38. The fourth-order valence-electron chi connectivity index (χ4n) is 2.84. The molecule has 24 heavy (non-hydrogen) atoms. The van der Waals surface area contributed by atoms with Crippen LogP contribution in [-0.2, 0) is 10.9 Å². The number of aliphatic hydroxyl groups is 1. The Morgan fingerprint density at radius 1 is 1.42 bits per heavy atom. The van der Waals surface area contributed by atoms with Crippen LogP contribution < -0.4 is 4.90 Å². The van der Waals surface area contributed by atoms with Crippen molar-refractivity contribution in [2.45, 2.75) is 50.9 Å². The summed E-state index contributed by atoms with van der Waals surface area (Å²) < 4.78 is 43.9. The van der Waals surface area contributed by atoms with Crippen LogP contribution in [0.4, 0.5) is 23.8 Å². The minimum atomic E-state index is -4.74. The quantitative estimate of drug-likeness (QED) is 0.825. The number of alkyl halides is 3. The number of carbonyl (C=O) groups excluding carboxylic acids is 1. The Labute approximate surface area is 141 Å². The standard InChI is InChI=1S/C14H17ClF3N3O3/c1-4-13(6-12(2,3)23)7-24-11(22)21(13)9-5-8(14(16,17)18)19-10(15)20-9/h5,23H,4,6-7H2,1-3H3/t13-/m0/s1. The molecule has 0 saturated carbocycles. The van der Waals surface area contributed by atoms with Crippen molar-refractivity contribution >= 4 is 23.5 Å². The molecule has 1 saturated heterocycles. The fourth-order valence-corrected chi connectivity index (χ4v) is 3.02. The van der Waals surface area contributed by atoms with Gasteiger partial charge < -0.3 is 9.84 Å². The van der Waals surface area contributed by atoms with Gasteiger partial charge in [-0.15, -0.1) is 0 Å². The van der Waals surface area contributed by atoms with Gasteiger partial charge >= 0.3 is 12.3 Å². The van der Waals surface area contributed by atoms with Crippen molar-refractivity contribution in [3.63, 3.8) is 0 Å². The maximum absolute atomic E-state index is 13.0. The molecule has 1 aliphatic heterocycles. The number of rotatable bonds is 4. The normalized spacial score (nSPS) is 22.0. The molecule has 1 amide bonds. The minimum absolute atomic E-state index is 0.0741. The van der Waals surface area contributed by atoms with Crippen molar-refractivity contribution in [1.29, 1.82) is 0 Å². The van der Waals surface area contributed by atoms with Gasteiger partial charge in [0.1, 0.15) is 12.4 Å². The van der Waals surface area contributed by atoms with Crippen molar-refractivity contribution in [3.8, 4) is 0 Å². The van der Waals surface area contributed by atoms with Gasteiger partial charge in [0, 0.05) is 12.5 Å². The highest BCUT2D eigenvalue weighted by Gasteiger charge is 2.50. The molecule has 1 atom stereocenters. The summed E-state index contributed by atoms with van der Waals surface area (Å²) in [5.41, 5.74) is -3.47. The molecule has 134 valence electrons. The topological polar surface area (TPSA) is 75.6 Å². The van der Waals surface area contributed by atoms with Gasteiger partial charge in [0.15, 0.2) is 5.69 Å². The Morgan fingerprint density at radius 3 is 2.54 bits per heavy atom. The molecule has 0 spiro atoms. The number of hydrogen-bond acceptors (Lipinski definition) is 5. The smallest absolute Gasteiger partial charge is 0.433 e. The number of nitrogens with zero attached hydrogens (tertiary/aromatic N) is 3. The first-order valence-corrected chi connectivity index (χ1v) is 7.57. The molecule has 10 heteroatoms. The van der Waals surface area contributed by atoms with Gasteiger partial charge in [-0.3, -0.25) is 4.90 Å². The van der Waals surface area contributed by atoms with E-state index in [2.05, 4.69) is 9.97 Å². The maximum Gasteiger partial charge on any atom is 0.433 e. The molecule has 1 fully saturated rings. The third-order valence-electron chi connectivity index (χ3n) is 3.75. The zero-order valence-corrected chi connectivity index (χ0v) is 14.1. The van der Waals surface area contributed by atoms with Gasteiger partial charge in [-0.25, -0.2) is 14.8 Å². The predicted octanol–water partition coefficient (Wildman–Crippen LogP) is 3.42. The van der Waals surface area contributed by atoms with Gasteiger partial charge in [0.05, 0.1) is 11.1 Å². The van der Waals surface area contributed by atoms with Crippen molar-refractivity contribution in [3.05, 3.63) is 17.0 Å². The Balaban J connectivity index is 2.55. The van der Waals surface area contributed by atoms with Crippen LogP contribution in [-0.4, -0.2) is 38.9 Å². The van der Waals surface area contributed by atoms with E-state index in [9.17, 15) is 23.1 Å². The molecule has 1 aromatic heterocycles. The van der Waals surface area contributed by atoms with Crippen molar-refractivity contribution in [2.75, 3.05) is 11.5 Å². The first-order valence-electron chi connectivity index (χ1n) is 7.19. The summed E-state index contributed by atoms with van der Waals surface area (Å²) in [6.07, 6.45) is -5.16. The second kappa shape index (κ2) is 6.03. The summed E-state index contributed by atoms with van der Waals surface area (Å²) in [7, 11) is 0. The molecule has 0 aliphatic carbocycles. The van der Waals surface area contributed by atoms with E-state index in [-0.39, 0.29) is 18.8 Å². The van der Waals surface area contributed by atoms with Gasteiger partial charge in [0.2, 0.25) is 5.28 Å². The van der Waals surface area contributed by atoms with Crippen molar-refractivity contribution in [2.24, 2.45) is 0 Å². The molecule has 0 radical (unpaired) electrons. The van der Waals surface area contributed by atoms with Crippen molar-refractivity contribution < 1.29 is 27.8 Å². The lowest BCUT2D eigenvalue weighted by molar-refractivity contribution is -0.141. The zero-order valence-electron chi connectivity index (χ0n) is 13.3. The Hall–Kier alpha value is -1.61. The zero-order chi connectivity index (χ0) is 18.3. The highest BCUT2D eigenvalue weighted by Crippen LogP contribution is 2.40. The van der Waals surface area contributed by atoms with E-state index in [1.165, 1.54) is 0 Å². The average molecular weight is 368 g/mol. The average Bonchev–Trinajstić information content (AvgIpc) is 2.72. The summed E-state index contributed by atoms with van der Waals surface area (Å²) in [6.45, 7) is 4.75. The van der Waals surface area contributed by atoms with Crippen LogP contribution in [0.2, 0.25) is 5.28 Å². The Bertz CT molecular complexity index is 648. The maximum atomic E-state index is 13.0. The number of cyclic esters (lactones) is 1. The van der Waals surface area contributed by atoms with Gasteiger partial charge in [-0.05, 0) is 31.9 Å². The third kappa shape index (κ3) is 3.72. The Morgan fingerprint density at radius 2 is 2.04 bits per heavy atom. The second-order valence-corrected chi connectivity index (χ2v) is 6.67. The minimum Gasteiger partial charge on any atom is -0.447 e. The molecule has 0 aromatic carbocycles. The first-order chi connectivity index (χ1) is 10.9. The van der Waals surface area contributed by atoms with Crippen LogP contribution in [0, 0.1) is 0 Å². The SMILES string of the molecule is CC[C@]1(CC(C)(C)O)COC(=O)N1c1cc(C(F)(F)F)nc(Cl)n1. The van der Waals surface area contributed by atoms with Gasteiger partial charge in [-0.1, -0.05) is 6.92 Å². The van der Waals surface area contributed by atoms with Crippen molar-refractivity contribution in [1.82, 2.24) is 9.97 Å². The molecule has 1 N–H and O–H groups in total. The van der Waals surface area contributed by atoms with Crippen LogP contribution >= 0.6 is 11.6 Å².